The van der Waals surface area contributed by atoms with Crippen LogP contribution in [0.3, 0.4) is 0 Å². The first kappa shape index (κ1) is 32.5. The molecule has 0 aromatic rings. The molecule has 2 aliphatic rings. The van der Waals surface area contributed by atoms with Gasteiger partial charge < -0.3 is 29.5 Å². The van der Waals surface area contributed by atoms with Gasteiger partial charge >= 0.3 is 12.2 Å². The molecule has 208 valence electrons. The van der Waals surface area contributed by atoms with Crippen LogP contribution in [-0.4, -0.2) is 104 Å². The first-order valence-electron chi connectivity index (χ1n) is 12.1. The van der Waals surface area contributed by atoms with Gasteiger partial charge in [-0.1, -0.05) is 0 Å². The second-order valence-corrected chi connectivity index (χ2v) is 12.6. The molecule has 10 nitrogen and oxygen atoms in total. The number of carbonyl (C=O) groups excluding carboxylic acids is 2. The Morgan fingerprint density at radius 3 is 1.58 bits per heavy atom. The van der Waals surface area contributed by atoms with E-state index >= 15 is 0 Å². The van der Waals surface area contributed by atoms with Crippen LogP contribution in [0.2, 0.25) is 0 Å². The predicted octanol–water partition coefficient (Wildman–Crippen LogP) is 3.89. The van der Waals surface area contributed by atoms with Gasteiger partial charge in [-0.2, -0.15) is 0 Å². The number of likely N-dealkylation sites (tertiary alicyclic amines) is 2. The lowest BCUT2D eigenvalue weighted by atomic mass is 9.95. The van der Waals surface area contributed by atoms with Crippen molar-refractivity contribution in [2.75, 3.05) is 38.7 Å². The Hall–Kier alpha value is -1.50. The normalized spacial score (nSPS) is 24.8. The van der Waals surface area contributed by atoms with Crippen LogP contribution in [0, 0.1) is 22.7 Å². The van der Waals surface area contributed by atoms with Gasteiger partial charge in [-0.15, -0.1) is 23.5 Å². The van der Waals surface area contributed by atoms with E-state index in [1.807, 2.05) is 54.1 Å². The summed E-state index contributed by atoms with van der Waals surface area (Å²) in [5.41, 5.74) is -1.04. The second kappa shape index (κ2) is 13.9. The van der Waals surface area contributed by atoms with Crippen molar-refractivity contribution in [1.29, 1.82) is 10.8 Å². The SMILES string of the molecule is CSC(=N)C1CCN(C(=O)OC(C)(C)C)CC1O.CSC(=N)C1CN(C(=O)OC(C)(C)C)CCC1O. The number of nitrogens with zero attached hydrogens (tertiary/aromatic N) is 2. The minimum atomic E-state index is -0.675. The van der Waals surface area contributed by atoms with E-state index < -0.39 is 29.5 Å². The third kappa shape index (κ3) is 10.9. The number of hydrogen-bond acceptors (Lipinski definition) is 10. The number of nitrogens with one attached hydrogen (secondary N) is 2. The van der Waals surface area contributed by atoms with E-state index in [4.69, 9.17) is 20.3 Å². The number of hydrogen-bond donors (Lipinski definition) is 4. The maximum Gasteiger partial charge on any atom is 0.410 e. The minimum Gasteiger partial charge on any atom is -0.444 e. The zero-order valence-electron chi connectivity index (χ0n) is 22.8. The number of piperidine rings is 2. The zero-order valence-corrected chi connectivity index (χ0v) is 24.4. The highest BCUT2D eigenvalue weighted by Crippen LogP contribution is 2.25. The third-order valence-corrected chi connectivity index (χ3v) is 7.06. The molecule has 36 heavy (non-hydrogen) atoms. The van der Waals surface area contributed by atoms with Crippen molar-refractivity contribution in [2.45, 2.75) is 77.8 Å². The van der Waals surface area contributed by atoms with E-state index in [2.05, 4.69) is 0 Å². The molecule has 2 saturated heterocycles. The van der Waals surface area contributed by atoms with Crippen LogP contribution >= 0.6 is 23.5 Å². The summed E-state index contributed by atoms with van der Waals surface area (Å²) in [6, 6.07) is 0. The van der Waals surface area contributed by atoms with Gasteiger partial charge in [-0.3, -0.25) is 10.8 Å². The topological polar surface area (TPSA) is 147 Å². The van der Waals surface area contributed by atoms with Crippen LogP contribution in [0.15, 0.2) is 0 Å². The number of aliphatic hydroxyl groups is 2. The van der Waals surface area contributed by atoms with Crippen molar-refractivity contribution in [2.24, 2.45) is 11.8 Å². The van der Waals surface area contributed by atoms with E-state index in [0.717, 1.165) is 0 Å². The van der Waals surface area contributed by atoms with Crippen LogP contribution in [0.1, 0.15) is 54.4 Å². The van der Waals surface area contributed by atoms with Gasteiger partial charge in [-0.05, 0) is 66.9 Å². The Morgan fingerprint density at radius 1 is 0.750 bits per heavy atom. The Balaban J connectivity index is 0.000000360. The highest BCUT2D eigenvalue weighted by atomic mass is 32.2. The standard InChI is InChI=1S/2C12H22N2O3S/c1-12(2,3)17-11(16)14-6-5-9(15)8(7-14)10(13)18-4;1-12(2,3)17-11(16)14-6-5-8(9(15)7-14)10(13)18-4/h2*8-9,13,15H,5-7H2,1-4H3. The van der Waals surface area contributed by atoms with Gasteiger partial charge in [0.1, 0.15) is 11.2 Å². The molecule has 0 bridgehead atoms. The zero-order chi connectivity index (χ0) is 27.8. The molecule has 0 saturated carbocycles. The van der Waals surface area contributed by atoms with Gasteiger partial charge in [0.05, 0.1) is 34.8 Å². The van der Waals surface area contributed by atoms with Gasteiger partial charge in [0.15, 0.2) is 0 Å². The molecule has 4 atom stereocenters. The average molecular weight is 549 g/mol. The lowest BCUT2D eigenvalue weighted by Crippen LogP contribution is -2.49. The summed E-state index contributed by atoms with van der Waals surface area (Å²) in [7, 11) is 0. The summed E-state index contributed by atoms with van der Waals surface area (Å²) in [6.45, 7) is 12.5. The molecule has 4 unspecified atom stereocenters. The molecule has 0 aliphatic carbocycles. The molecule has 4 N–H and O–H groups in total. The quantitative estimate of drug-likeness (QED) is 0.300. The van der Waals surface area contributed by atoms with Crippen molar-refractivity contribution in [3.63, 3.8) is 0 Å². The van der Waals surface area contributed by atoms with Gasteiger partial charge in [0.2, 0.25) is 0 Å². The molecule has 2 heterocycles. The Morgan fingerprint density at radius 2 is 1.17 bits per heavy atom. The molecule has 2 fully saturated rings. The number of β-amino-alcohol motifs (C(OH)–C–C–N with tert-alkyl or cyclic N) is 1. The molecule has 0 aromatic heterocycles. The second-order valence-electron chi connectivity index (χ2n) is 10.9. The summed E-state index contributed by atoms with van der Waals surface area (Å²) in [6.07, 6.45) is 2.77. The van der Waals surface area contributed by atoms with Crippen LogP contribution in [0.5, 0.6) is 0 Å². The Bertz CT molecular complexity index is 784. The Kier molecular flexibility index (Phi) is 12.5. The number of carbonyl (C=O) groups is 2. The van der Waals surface area contributed by atoms with Crippen molar-refractivity contribution in [3.05, 3.63) is 0 Å². The predicted molar refractivity (Wildman–Crippen MR) is 146 cm³/mol. The van der Waals surface area contributed by atoms with E-state index in [1.54, 1.807) is 4.90 Å². The van der Waals surface area contributed by atoms with Crippen molar-refractivity contribution in [3.8, 4) is 0 Å². The molecular formula is C24H44N4O6S2. The molecule has 2 aliphatic heterocycles. The maximum atomic E-state index is 11.9. The van der Waals surface area contributed by atoms with Crippen molar-refractivity contribution >= 4 is 45.8 Å². The number of rotatable bonds is 2. The minimum absolute atomic E-state index is 0.154. The van der Waals surface area contributed by atoms with Crippen molar-refractivity contribution in [1.82, 2.24) is 9.80 Å². The third-order valence-electron chi connectivity index (χ3n) is 5.58. The molecule has 2 rings (SSSR count). The van der Waals surface area contributed by atoms with Gasteiger partial charge in [0, 0.05) is 25.6 Å². The summed E-state index contributed by atoms with van der Waals surface area (Å²) in [4.78, 5) is 26.9. The van der Waals surface area contributed by atoms with Crippen LogP contribution in [0.4, 0.5) is 9.59 Å². The lowest BCUT2D eigenvalue weighted by molar-refractivity contribution is -0.00287. The average Bonchev–Trinajstić information content (AvgIpc) is 2.76. The molecule has 0 aromatic carbocycles. The van der Waals surface area contributed by atoms with Crippen LogP contribution in [0.25, 0.3) is 0 Å². The number of aliphatic hydroxyl groups excluding tert-OH is 2. The first-order chi connectivity index (χ1) is 16.5. The largest absolute Gasteiger partial charge is 0.444 e. The fourth-order valence-electron chi connectivity index (χ4n) is 3.72. The lowest BCUT2D eigenvalue weighted by Gasteiger charge is -2.36. The summed E-state index contributed by atoms with van der Waals surface area (Å²) < 4.78 is 10.6. The van der Waals surface area contributed by atoms with Crippen LogP contribution < -0.4 is 0 Å². The maximum absolute atomic E-state index is 11.9. The number of thioether (sulfide) groups is 2. The summed E-state index contributed by atoms with van der Waals surface area (Å²) in [5, 5.41) is 36.3. The van der Waals surface area contributed by atoms with E-state index in [1.165, 1.54) is 28.4 Å². The highest BCUT2D eigenvalue weighted by Gasteiger charge is 2.35. The van der Waals surface area contributed by atoms with Crippen LogP contribution in [-0.2, 0) is 9.47 Å². The van der Waals surface area contributed by atoms with Gasteiger partial charge in [-0.25, -0.2) is 9.59 Å². The fraction of sp³-hybridized carbons (Fsp3) is 0.833. The van der Waals surface area contributed by atoms with E-state index in [0.29, 0.717) is 42.6 Å². The molecule has 2 amide bonds. The van der Waals surface area contributed by atoms with Crippen molar-refractivity contribution < 1.29 is 29.3 Å². The smallest absolute Gasteiger partial charge is 0.410 e. The number of amides is 2. The highest BCUT2D eigenvalue weighted by molar-refractivity contribution is 8.13. The molecular weight excluding hydrogens is 504 g/mol. The molecule has 0 radical (unpaired) electrons. The molecule has 0 spiro atoms. The Labute approximate surface area is 223 Å². The molecule has 12 heteroatoms. The van der Waals surface area contributed by atoms with Gasteiger partial charge in [0.25, 0.3) is 0 Å². The fourth-order valence-corrected chi connectivity index (χ4v) is 4.83. The van der Waals surface area contributed by atoms with E-state index in [-0.39, 0.29) is 24.5 Å². The first-order valence-corrected chi connectivity index (χ1v) is 14.5. The summed E-state index contributed by atoms with van der Waals surface area (Å²) >= 11 is 2.65. The summed E-state index contributed by atoms with van der Waals surface area (Å²) in [5.74, 6) is -0.444. The monoisotopic (exact) mass is 548 g/mol. The number of ether oxygens (including phenoxy) is 2. The van der Waals surface area contributed by atoms with E-state index in [9.17, 15) is 19.8 Å².